The maximum absolute atomic E-state index is 4.95. The van der Waals surface area contributed by atoms with Gasteiger partial charge in [-0.15, -0.1) is 5.10 Å². The summed E-state index contributed by atoms with van der Waals surface area (Å²) >= 11 is 3.61. The molecule has 4 aromatic rings. The van der Waals surface area contributed by atoms with Crippen molar-refractivity contribution < 1.29 is 0 Å². The number of hydrogen-bond acceptors (Lipinski definition) is 7. The number of rotatable bonds is 3. The number of aromatic nitrogens is 5. The molecule has 0 unspecified atom stereocenters. The van der Waals surface area contributed by atoms with Crippen molar-refractivity contribution in [2.24, 2.45) is 0 Å². The molecule has 0 radical (unpaired) electrons. The number of hydrogen-bond donors (Lipinski definition) is 0. The summed E-state index contributed by atoms with van der Waals surface area (Å²) < 4.78 is 2.09. The van der Waals surface area contributed by atoms with E-state index in [1.165, 1.54) is 11.1 Å². The molecule has 31 heavy (non-hydrogen) atoms. The van der Waals surface area contributed by atoms with Crippen molar-refractivity contribution in [1.29, 1.82) is 0 Å². The van der Waals surface area contributed by atoms with Gasteiger partial charge in [-0.05, 0) is 35.5 Å². The van der Waals surface area contributed by atoms with Gasteiger partial charge in [0.1, 0.15) is 11.2 Å². The van der Waals surface area contributed by atoms with E-state index in [0.717, 1.165) is 45.9 Å². The van der Waals surface area contributed by atoms with Gasteiger partial charge in [0.15, 0.2) is 11.0 Å². The van der Waals surface area contributed by atoms with Crippen molar-refractivity contribution in [2.45, 2.75) is 16.3 Å². The lowest BCUT2D eigenvalue weighted by atomic mass is 10.0. The number of pyridine rings is 2. The second-order valence-corrected chi connectivity index (χ2v) is 9.69. The fourth-order valence-electron chi connectivity index (χ4n) is 4.07. The highest BCUT2D eigenvalue weighted by atomic mass is 32.2. The van der Waals surface area contributed by atoms with Crippen molar-refractivity contribution in [2.75, 3.05) is 24.6 Å². The van der Waals surface area contributed by atoms with Crippen LogP contribution in [0, 0.1) is 0 Å². The van der Waals surface area contributed by atoms with Crippen LogP contribution in [-0.2, 0) is 0 Å². The molecule has 154 valence electrons. The van der Waals surface area contributed by atoms with Gasteiger partial charge in [-0.3, -0.25) is 9.88 Å². The maximum Gasteiger partial charge on any atom is 0.194 e. The molecular formula is C23H20N6S2. The Morgan fingerprint density at radius 1 is 0.903 bits per heavy atom. The van der Waals surface area contributed by atoms with Crippen LogP contribution in [0.15, 0.2) is 77.3 Å². The summed E-state index contributed by atoms with van der Waals surface area (Å²) in [5.41, 5.74) is 4.44. The lowest BCUT2D eigenvalue weighted by Gasteiger charge is -2.37. The van der Waals surface area contributed by atoms with Crippen LogP contribution in [0.3, 0.4) is 0 Å². The van der Waals surface area contributed by atoms with Crippen molar-refractivity contribution in [3.05, 3.63) is 72.7 Å². The Bertz CT molecular complexity index is 1210. The van der Waals surface area contributed by atoms with Crippen LogP contribution < -0.4 is 0 Å². The molecule has 0 N–H and O–H groups in total. The standard InChI is InChI=1S/C23H20N6S2/c1-2-5-16(6-3-1)18-13-19-21(25-15-18)31-23-26-20(17-7-4-8-24-14-17)27-29(23)22(19)28-9-11-30-12-10-28/h1-8,13-15,22H,9-12H2/t22-/m1/s1. The summed E-state index contributed by atoms with van der Waals surface area (Å²) in [4.78, 5) is 16.5. The monoisotopic (exact) mass is 444 g/mol. The summed E-state index contributed by atoms with van der Waals surface area (Å²) in [6.07, 6.45) is 5.56. The topological polar surface area (TPSA) is 59.7 Å². The van der Waals surface area contributed by atoms with Gasteiger partial charge < -0.3 is 0 Å². The second kappa shape index (κ2) is 8.11. The minimum atomic E-state index is 0.00114. The van der Waals surface area contributed by atoms with E-state index < -0.39 is 0 Å². The lowest BCUT2D eigenvalue weighted by Crippen LogP contribution is -2.41. The van der Waals surface area contributed by atoms with Crippen LogP contribution in [0.2, 0.25) is 0 Å². The first-order valence-corrected chi connectivity index (χ1v) is 12.3. The number of nitrogens with zero attached hydrogens (tertiary/aromatic N) is 6. The van der Waals surface area contributed by atoms with E-state index in [-0.39, 0.29) is 6.17 Å². The molecule has 5 heterocycles. The normalized spacial score (nSPS) is 18.4. The number of thioether (sulfide) groups is 1. The van der Waals surface area contributed by atoms with Crippen LogP contribution in [0.25, 0.3) is 22.5 Å². The Hall–Kier alpha value is -2.68. The maximum atomic E-state index is 4.95. The predicted octanol–water partition coefficient (Wildman–Crippen LogP) is 4.46. The van der Waals surface area contributed by atoms with Gasteiger partial charge in [0, 0.05) is 59.9 Å². The highest BCUT2D eigenvalue weighted by Crippen LogP contribution is 2.43. The molecule has 8 heteroatoms. The predicted molar refractivity (Wildman–Crippen MR) is 124 cm³/mol. The number of benzene rings is 1. The molecule has 2 aliphatic rings. The highest BCUT2D eigenvalue weighted by molar-refractivity contribution is 7.99. The Morgan fingerprint density at radius 2 is 1.74 bits per heavy atom. The summed E-state index contributed by atoms with van der Waals surface area (Å²) in [6.45, 7) is 2.05. The summed E-state index contributed by atoms with van der Waals surface area (Å²) in [6, 6.07) is 16.7. The smallest absolute Gasteiger partial charge is 0.194 e. The third-order valence-corrected chi connectivity index (χ3v) is 7.53. The zero-order valence-electron chi connectivity index (χ0n) is 16.8. The van der Waals surface area contributed by atoms with Crippen LogP contribution in [0.5, 0.6) is 0 Å². The molecule has 1 aromatic carbocycles. The van der Waals surface area contributed by atoms with E-state index in [4.69, 9.17) is 15.1 Å². The van der Waals surface area contributed by atoms with E-state index in [1.54, 1.807) is 18.0 Å². The second-order valence-electron chi connectivity index (χ2n) is 7.51. The molecule has 3 aromatic heterocycles. The molecule has 2 aliphatic heterocycles. The third-order valence-electron chi connectivity index (χ3n) is 5.60. The Morgan fingerprint density at radius 3 is 2.55 bits per heavy atom. The Kier molecular flexibility index (Phi) is 4.98. The Labute approximate surface area is 189 Å². The van der Waals surface area contributed by atoms with Crippen LogP contribution in [0.4, 0.5) is 0 Å². The van der Waals surface area contributed by atoms with Crippen molar-refractivity contribution in [3.8, 4) is 22.5 Å². The van der Waals surface area contributed by atoms with Gasteiger partial charge in [0.2, 0.25) is 0 Å². The van der Waals surface area contributed by atoms with E-state index >= 15 is 0 Å². The van der Waals surface area contributed by atoms with E-state index in [9.17, 15) is 0 Å². The third kappa shape index (κ3) is 3.54. The minimum absolute atomic E-state index is 0.00114. The molecular weight excluding hydrogens is 424 g/mol. The highest BCUT2D eigenvalue weighted by Gasteiger charge is 2.35. The molecule has 1 atom stereocenters. The van der Waals surface area contributed by atoms with E-state index in [2.05, 4.69) is 44.9 Å². The summed E-state index contributed by atoms with van der Waals surface area (Å²) in [7, 11) is 0. The van der Waals surface area contributed by atoms with Crippen LogP contribution >= 0.6 is 23.5 Å². The number of fused-ring (bicyclic) bond motifs is 2. The zero-order chi connectivity index (χ0) is 20.6. The minimum Gasteiger partial charge on any atom is -0.276 e. The SMILES string of the molecule is c1ccc(-c2cnc3c(c2)[C@H](N2CCSCC2)n2nc(-c4cccnc4)nc2S3)cc1. The van der Waals surface area contributed by atoms with Gasteiger partial charge in [0.25, 0.3) is 0 Å². The van der Waals surface area contributed by atoms with Crippen molar-refractivity contribution in [3.63, 3.8) is 0 Å². The molecule has 1 fully saturated rings. The largest absolute Gasteiger partial charge is 0.276 e. The molecule has 0 saturated carbocycles. The molecule has 0 bridgehead atoms. The van der Waals surface area contributed by atoms with Gasteiger partial charge in [0.05, 0.1) is 0 Å². The lowest BCUT2D eigenvalue weighted by molar-refractivity contribution is 0.161. The molecule has 0 amide bonds. The first-order chi connectivity index (χ1) is 15.4. The summed E-state index contributed by atoms with van der Waals surface area (Å²) in [5.74, 6) is 2.97. The van der Waals surface area contributed by atoms with Gasteiger partial charge in [-0.1, -0.05) is 30.3 Å². The van der Waals surface area contributed by atoms with Gasteiger partial charge in [-0.25, -0.2) is 14.6 Å². The fourth-order valence-corrected chi connectivity index (χ4v) is 5.93. The molecule has 6 nitrogen and oxygen atoms in total. The quantitative estimate of drug-likeness (QED) is 0.462. The average Bonchev–Trinajstić information content (AvgIpc) is 3.27. The summed E-state index contributed by atoms with van der Waals surface area (Å²) in [5, 5.41) is 6.85. The molecule has 6 rings (SSSR count). The van der Waals surface area contributed by atoms with Crippen LogP contribution in [0.1, 0.15) is 11.7 Å². The van der Waals surface area contributed by atoms with Crippen molar-refractivity contribution in [1.82, 2.24) is 29.6 Å². The molecule has 0 spiro atoms. The van der Waals surface area contributed by atoms with Crippen LogP contribution in [-0.4, -0.2) is 54.2 Å². The first-order valence-electron chi connectivity index (χ1n) is 10.3. The van der Waals surface area contributed by atoms with Gasteiger partial charge >= 0.3 is 0 Å². The van der Waals surface area contributed by atoms with E-state index in [1.807, 2.05) is 42.4 Å². The Balaban J connectivity index is 1.48. The molecule has 1 saturated heterocycles. The average molecular weight is 445 g/mol. The zero-order valence-corrected chi connectivity index (χ0v) is 18.4. The van der Waals surface area contributed by atoms with E-state index in [0.29, 0.717) is 5.82 Å². The first kappa shape index (κ1) is 19.0. The van der Waals surface area contributed by atoms with Crippen molar-refractivity contribution >= 4 is 23.5 Å². The molecule has 0 aliphatic carbocycles. The fraction of sp³-hybridized carbons (Fsp3) is 0.217. The van der Waals surface area contributed by atoms with Gasteiger partial charge in [-0.2, -0.15) is 11.8 Å².